The first-order valence-corrected chi connectivity index (χ1v) is 6.92. The number of hydrogen-bond donors (Lipinski definition) is 0. The first kappa shape index (κ1) is 12.9. The summed E-state index contributed by atoms with van der Waals surface area (Å²) in [7, 11) is 0. The Hall–Kier alpha value is -2.84. The lowest BCUT2D eigenvalue weighted by molar-refractivity contribution is 0.581. The average molecular weight is 300 g/mol. The van der Waals surface area contributed by atoms with E-state index in [1.807, 2.05) is 15.5 Å². The Morgan fingerprint density at radius 3 is 2.55 bits per heavy atom. The summed E-state index contributed by atoms with van der Waals surface area (Å²) in [6, 6.07) is 0. The van der Waals surface area contributed by atoms with Crippen LogP contribution in [0.1, 0.15) is 0 Å². The summed E-state index contributed by atoms with van der Waals surface area (Å²) in [6.45, 7) is 2.74. The molecule has 4 rings (SSSR count). The van der Waals surface area contributed by atoms with E-state index >= 15 is 0 Å². The van der Waals surface area contributed by atoms with E-state index < -0.39 is 5.82 Å². The Kier molecular flexibility index (Phi) is 3.02. The molecule has 8 nitrogen and oxygen atoms in total. The molecule has 0 saturated carbocycles. The Morgan fingerprint density at radius 2 is 1.77 bits per heavy atom. The molecule has 3 aromatic rings. The lowest BCUT2D eigenvalue weighted by Crippen LogP contribution is -2.47. The average Bonchev–Trinajstić information content (AvgIpc) is 3.04. The molecule has 3 aromatic heterocycles. The van der Waals surface area contributed by atoms with Gasteiger partial charge in [-0.1, -0.05) is 0 Å². The van der Waals surface area contributed by atoms with Crippen molar-refractivity contribution in [3.63, 3.8) is 0 Å². The third-order valence-electron chi connectivity index (χ3n) is 3.72. The highest BCUT2D eigenvalue weighted by molar-refractivity contribution is 5.63. The highest BCUT2D eigenvalue weighted by Gasteiger charge is 2.23. The minimum absolute atomic E-state index is 0.350. The Balaban J connectivity index is 1.55. The highest BCUT2D eigenvalue weighted by atomic mass is 19.1. The highest BCUT2D eigenvalue weighted by Crippen LogP contribution is 2.21. The molecule has 22 heavy (non-hydrogen) atoms. The molecule has 4 heterocycles. The van der Waals surface area contributed by atoms with Gasteiger partial charge in [0.2, 0.25) is 5.65 Å². The van der Waals surface area contributed by atoms with E-state index in [1.54, 1.807) is 12.5 Å². The standard InChI is InChI=1S/C13H13FN8/c14-10-7-15-8-17-11(10)20-3-5-21(6-4-20)12-13-19-18-9-22(13)2-1-16-12/h1-2,7-9H,3-6H2. The minimum Gasteiger partial charge on any atom is -0.351 e. The molecule has 0 N–H and O–H groups in total. The molecular formula is C13H13FN8. The Morgan fingerprint density at radius 1 is 1.00 bits per heavy atom. The van der Waals surface area contributed by atoms with Crippen molar-refractivity contribution < 1.29 is 4.39 Å². The van der Waals surface area contributed by atoms with Crippen LogP contribution >= 0.6 is 0 Å². The molecule has 1 aliphatic rings. The van der Waals surface area contributed by atoms with Gasteiger partial charge in [-0.05, 0) is 0 Å². The van der Waals surface area contributed by atoms with Crippen LogP contribution in [0, 0.1) is 5.82 Å². The van der Waals surface area contributed by atoms with Crippen LogP contribution in [-0.4, -0.2) is 55.7 Å². The third kappa shape index (κ3) is 2.10. The summed E-state index contributed by atoms with van der Waals surface area (Å²) in [6.07, 6.45) is 7.73. The number of hydrogen-bond acceptors (Lipinski definition) is 7. The fraction of sp³-hybridized carbons (Fsp3) is 0.308. The van der Waals surface area contributed by atoms with Gasteiger partial charge in [0.25, 0.3) is 0 Å². The van der Waals surface area contributed by atoms with Gasteiger partial charge in [0, 0.05) is 38.6 Å². The van der Waals surface area contributed by atoms with E-state index in [1.165, 1.54) is 12.5 Å². The van der Waals surface area contributed by atoms with Crippen molar-refractivity contribution in [1.82, 2.24) is 29.5 Å². The summed E-state index contributed by atoms with van der Waals surface area (Å²) in [5.74, 6) is 0.750. The predicted octanol–water partition coefficient (Wildman–Crippen LogP) is 0.380. The van der Waals surface area contributed by atoms with E-state index in [-0.39, 0.29) is 0 Å². The van der Waals surface area contributed by atoms with E-state index in [0.29, 0.717) is 32.0 Å². The molecule has 0 spiro atoms. The normalized spacial score (nSPS) is 15.5. The lowest BCUT2D eigenvalue weighted by Gasteiger charge is -2.35. The van der Waals surface area contributed by atoms with Crippen LogP contribution < -0.4 is 9.80 Å². The summed E-state index contributed by atoms with van der Waals surface area (Å²) < 4.78 is 15.6. The monoisotopic (exact) mass is 300 g/mol. The van der Waals surface area contributed by atoms with Gasteiger partial charge >= 0.3 is 0 Å². The van der Waals surface area contributed by atoms with Gasteiger partial charge in [-0.2, -0.15) is 0 Å². The van der Waals surface area contributed by atoms with Gasteiger partial charge in [-0.15, -0.1) is 10.2 Å². The number of aromatic nitrogens is 6. The van der Waals surface area contributed by atoms with Gasteiger partial charge in [0.05, 0.1) is 6.20 Å². The number of nitrogens with zero attached hydrogens (tertiary/aromatic N) is 8. The number of halogens is 1. The molecule has 0 aliphatic carbocycles. The first-order valence-electron chi connectivity index (χ1n) is 6.92. The quantitative estimate of drug-likeness (QED) is 0.677. The van der Waals surface area contributed by atoms with E-state index in [4.69, 9.17) is 0 Å². The van der Waals surface area contributed by atoms with Crippen LogP contribution in [0.15, 0.2) is 31.2 Å². The molecule has 0 aromatic carbocycles. The van der Waals surface area contributed by atoms with Crippen LogP contribution in [0.4, 0.5) is 16.0 Å². The first-order chi connectivity index (χ1) is 10.8. The van der Waals surface area contributed by atoms with E-state index in [2.05, 4.69) is 30.0 Å². The number of fused-ring (bicyclic) bond motifs is 1. The second kappa shape index (κ2) is 5.17. The summed E-state index contributed by atoms with van der Waals surface area (Å²) >= 11 is 0. The largest absolute Gasteiger partial charge is 0.351 e. The molecule has 0 unspecified atom stereocenters. The molecule has 112 valence electrons. The van der Waals surface area contributed by atoms with Gasteiger partial charge < -0.3 is 9.80 Å². The molecule has 0 amide bonds. The van der Waals surface area contributed by atoms with E-state index in [9.17, 15) is 4.39 Å². The van der Waals surface area contributed by atoms with Crippen molar-refractivity contribution in [3.8, 4) is 0 Å². The van der Waals surface area contributed by atoms with Crippen molar-refractivity contribution in [3.05, 3.63) is 37.1 Å². The topological polar surface area (TPSA) is 75.3 Å². The maximum Gasteiger partial charge on any atom is 0.203 e. The zero-order valence-corrected chi connectivity index (χ0v) is 11.7. The third-order valence-corrected chi connectivity index (χ3v) is 3.72. The summed E-state index contributed by atoms with van der Waals surface area (Å²) in [5, 5.41) is 8.00. The van der Waals surface area contributed by atoms with Crippen molar-refractivity contribution in [1.29, 1.82) is 0 Å². The molecule has 1 aliphatic heterocycles. The SMILES string of the molecule is Fc1cncnc1N1CCN(c2nccn3cnnc23)CC1. The number of anilines is 2. The maximum atomic E-state index is 13.7. The van der Waals surface area contributed by atoms with Crippen LogP contribution in [0.5, 0.6) is 0 Å². The second-order valence-electron chi connectivity index (χ2n) is 4.98. The van der Waals surface area contributed by atoms with Gasteiger partial charge in [-0.25, -0.2) is 19.3 Å². The zero-order valence-electron chi connectivity index (χ0n) is 11.7. The van der Waals surface area contributed by atoms with E-state index in [0.717, 1.165) is 11.5 Å². The molecule has 1 fully saturated rings. The van der Waals surface area contributed by atoms with Crippen LogP contribution in [0.3, 0.4) is 0 Å². The van der Waals surface area contributed by atoms with Gasteiger partial charge in [-0.3, -0.25) is 4.40 Å². The second-order valence-corrected chi connectivity index (χ2v) is 4.98. The number of rotatable bonds is 2. The van der Waals surface area contributed by atoms with Crippen molar-refractivity contribution in [2.24, 2.45) is 0 Å². The molecule has 0 radical (unpaired) electrons. The van der Waals surface area contributed by atoms with Crippen LogP contribution in [0.25, 0.3) is 5.65 Å². The lowest BCUT2D eigenvalue weighted by atomic mass is 10.3. The summed E-state index contributed by atoms with van der Waals surface area (Å²) in [5.41, 5.74) is 0.726. The molecule has 0 bridgehead atoms. The van der Waals surface area contributed by atoms with Crippen molar-refractivity contribution in [2.75, 3.05) is 36.0 Å². The maximum absolute atomic E-state index is 13.7. The fourth-order valence-corrected chi connectivity index (χ4v) is 2.64. The van der Waals surface area contributed by atoms with Crippen molar-refractivity contribution in [2.45, 2.75) is 0 Å². The summed E-state index contributed by atoms with van der Waals surface area (Å²) in [4.78, 5) is 16.1. The molecule has 1 saturated heterocycles. The molecule has 9 heteroatoms. The van der Waals surface area contributed by atoms with Gasteiger partial charge in [0.15, 0.2) is 17.5 Å². The van der Waals surface area contributed by atoms with Crippen LogP contribution in [0.2, 0.25) is 0 Å². The smallest absolute Gasteiger partial charge is 0.203 e. The fourth-order valence-electron chi connectivity index (χ4n) is 2.64. The number of piperazine rings is 1. The molecular weight excluding hydrogens is 287 g/mol. The van der Waals surface area contributed by atoms with Crippen molar-refractivity contribution >= 4 is 17.3 Å². The van der Waals surface area contributed by atoms with Gasteiger partial charge in [0.1, 0.15) is 12.7 Å². The Labute approximate surface area is 125 Å². The minimum atomic E-state index is -0.395. The molecule has 0 atom stereocenters. The predicted molar refractivity (Wildman–Crippen MR) is 77.2 cm³/mol. The Bertz CT molecular complexity index is 795. The van der Waals surface area contributed by atoms with Crippen LogP contribution in [-0.2, 0) is 0 Å². The zero-order chi connectivity index (χ0) is 14.9.